The number of hydrogen-bond acceptors (Lipinski definition) is 8. The second-order valence-electron chi connectivity index (χ2n) is 29.4. The highest BCUT2D eigenvalue weighted by Crippen LogP contribution is 2.43. The summed E-state index contributed by atoms with van der Waals surface area (Å²) in [7, 11) is -4.39. The van der Waals surface area contributed by atoms with Crippen molar-refractivity contribution in [1.82, 2.24) is 0 Å². The molecule has 0 spiro atoms. The van der Waals surface area contributed by atoms with Crippen LogP contribution in [0.4, 0.5) is 0 Å². The number of rotatable bonds is 83. The molecule has 0 rings (SSSR count). The van der Waals surface area contributed by atoms with Crippen molar-refractivity contribution in [3.8, 4) is 0 Å². The van der Waals surface area contributed by atoms with E-state index in [0.717, 1.165) is 38.5 Å². The molecule has 0 bridgehead atoms. The van der Waals surface area contributed by atoms with Crippen LogP contribution in [0, 0.1) is 0 Å². The Morgan fingerprint density at radius 3 is 0.800 bits per heavy atom. The second-order valence-corrected chi connectivity index (χ2v) is 30.9. The molecule has 2 unspecified atom stereocenters. The van der Waals surface area contributed by atoms with Crippen molar-refractivity contribution in [1.29, 1.82) is 0 Å². The third-order valence-corrected chi connectivity index (χ3v) is 20.8. The van der Waals surface area contributed by atoms with Crippen molar-refractivity contribution in [3.63, 3.8) is 0 Å². The lowest BCUT2D eigenvalue weighted by Gasteiger charge is -2.19. The fourth-order valence-electron chi connectivity index (χ4n) is 13.5. The first-order valence-electron chi connectivity index (χ1n) is 42.8. The van der Waals surface area contributed by atoms with Crippen molar-refractivity contribution in [2.45, 2.75) is 482 Å². The fourth-order valence-corrected chi connectivity index (χ4v) is 14.3. The van der Waals surface area contributed by atoms with Gasteiger partial charge in [-0.25, -0.2) is 4.57 Å². The first-order chi connectivity index (χ1) is 46.8. The summed E-state index contributed by atoms with van der Waals surface area (Å²) < 4.78 is 33.3. The summed E-state index contributed by atoms with van der Waals surface area (Å²) in [5.74, 6) is -0.797. The number of phosphoric acid groups is 1. The predicted octanol–water partition coefficient (Wildman–Crippen LogP) is 28.8. The minimum Gasteiger partial charge on any atom is -0.462 e. The molecular weight excluding hydrogens is 1190 g/mol. The third-order valence-electron chi connectivity index (χ3n) is 19.8. The van der Waals surface area contributed by atoms with Gasteiger partial charge in [0.15, 0.2) is 6.10 Å². The molecule has 0 aliphatic carbocycles. The molecule has 0 saturated heterocycles. The van der Waals surface area contributed by atoms with Gasteiger partial charge in [0, 0.05) is 19.4 Å². The Bertz CT molecular complexity index is 1610. The molecule has 0 fully saturated rings. The molecule has 3 N–H and O–H groups in total. The molecule has 0 amide bonds. The van der Waals surface area contributed by atoms with Crippen LogP contribution in [0.2, 0.25) is 0 Å². The molecule has 0 heterocycles. The van der Waals surface area contributed by atoms with Crippen molar-refractivity contribution in [3.05, 3.63) is 24.3 Å². The number of carbonyl (C=O) groups is 2. The van der Waals surface area contributed by atoms with Crippen molar-refractivity contribution >= 4 is 19.8 Å². The highest BCUT2D eigenvalue weighted by atomic mass is 31.2. The van der Waals surface area contributed by atoms with Crippen LogP contribution in [-0.4, -0.2) is 49.3 Å². The van der Waals surface area contributed by atoms with Gasteiger partial charge in [-0.05, 0) is 44.9 Å². The van der Waals surface area contributed by atoms with E-state index in [1.807, 2.05) is 0 Å². The van der Waals surface area contributed by atoms with Crippen LogP contribution >= 0.6 is 7.82 Å². The lowest BCUT2D eigenvalue weighted by atomic mass is 10.0. The molecule has 10 heteroatoms. The quantitative estimate of drug-likeness (QED) is 0.0264. The molecule has 0 saturated carbocycles. The maximum atomic E-state index is 12.8. The molecule has 0 aliphatic heterocycles. The average molecular weight is 1360 g/mol. The SMILES string of the molecule is CCCCCCC/C=C\C/C=C\CCCCCCCCCCCCCCCCCCCCCCCC(=O)OC(COC(=O)CCCCCCCCCCCCCCCCCCCCCCCCCCCCCCCCCCCCCCCCCCC)COP(=O)(O)OCCN. The van der Waals surface area contributed by atoms with Crippen LogP contribution in [0.5, 0.6) is 0 Å². The maximum Gasteiger partial charge on any atom is 0.472 e. The number of esters is 2. The number of unbranched alkanes of at least 4 members (excludes halogenated alkanes) is 66. The van der Waals surface area contributed by atoms with E-state index in [1.54, 1.807) is 0 Å². The first-order valence-corrected chi connectivity index (χ1v) is 44.3. The van der Waals surface area contributed by atoms with Gasteiger partial charge < -0.3 is 20.1 Å². The Morgan fingerprint density at radius 2 is 0.547 bits per heavy atom. The molecule has 9 nitrogen and oxygen atoms in total. The van der Waals surface area contributed by atoms with E-state index < -0.39 is 26.5 Å². The number of phosphoric ester groups is 1. The Kier molecular flexibility index (Phi) is 80.2. The molecule has 0 aromatic carbocycles. The zero-order valence-electron chi connectivity index (χ0n) is 64.0. The van der Waals surface area contributed by atoms with Gasteiger partial charge in [-0.2, -0.15) is 0 Å². The van der Waals surface area contributed by atoms with Crippen molar-refractivity contribution in [2.24, 2.45) is 5.73 Å². The lowest BCUT2D eigenvalue weighted by Crippen LogP contribution is -2.29. The minimum atomic E-state index is -4.39. The molecule has 564 valence electrons. The summed E-state index contributed by atoms with van der Waals surface area (Å²) in [4.78, 5) is 35.5. The van der Waals surface area contributed by atoms with Gasteiger partial charge in [0.25, 0.3) is 0 Å². The summed E-state index contributed by atoms with van der Waals surface area (Å²) in [5, 5.41) is 0. The van der Waals surface area contributed by atoms with Gasteiger partial charge in [0.1, 0.15) is 6.61 Å². The van der Waals surface area contributed by atoms with E-state index >= 15 is 0 Å². The van der Waals surface area contributed by atoms with Crippen LogP contribution in [0.3, 0.4) is 0 Å². The van der Waals surface area contributed by atoms with Gasteiger partial charge >= 0.3 is 19.8 Å². The monoisotopic (exact) mass is 1360 g/mol. The van der Waals surface area contributed by atoms with E-state index in [1.165, 1.54) is 405 Å². The highest BCUT2D eigenvalue weighted by molar-refractivity contribution is 7.47. The van der Waals surface area contributed by atoms with Crippen LogP contribution < -0.4 is 5.73 Å². The Morgan fingerprint density at radius 1 is 0.316 bits per heavy atom. The summed E-state index contributed by atoms with van der Waals surface area (Å²) in [6, 6.07) is 0. The minimum absolute atomic E-state index is 0.0574. The van der Waals surface area contributed by atoms with Gasteiger partial charge in [0.2, 0.25) is 0 Å². The molecule has 0 radical (unpaired) electrons. The standard InChI is InChI=1S/C85H166NO8P/c1-3-5-7-9-11-13-15-17-19-21-23-25-27-29-31-33-35-37-38-39-40-41-42-43-44-46-47-49-51-53-55-57-59-61-63-65-67-69-71-73-75-77-84(87)91-81-83(82-93-95(89,90)92-80-79-86)94-85(88)78-76-74-72-70-68-66-64-62-60-58-56-54-52-50-48-45-36-34-32-30-28-26-24-22-20-18-16-14-12-10-8-6-4-2/h16,18,22,24,83H,3-15,17,19-21,23,25-82,86H2,1-2H3,(H,89,90)/b18-16-,24-22-. The van der Waals surface area contributed by atoms with E-state index in [2.05, 4.69) is 38.2 Å². The smallest absolute Gasteiger partial charge is 0.462 e. The molecule has 2 atom stereocenters. The summed E-state index contributed by atoms with van der Waals surface area (Å²) in [6.07, 6.45) is 104. The topological polar surface area (TPSA) is 134 Å². The zero-order chi connectivity index (χ0) is 68.6. The Labute approximate surface area is 592 Å². The normalized spacial score (nSPS) is 12.8. The average Bonchev–Trinajstić information content (AvgIpc) is 3.25. The number of allylic oxidation sites excluding steroid dienone is 4. The van der Waals surface area contributed by atoms with Crippen LogP contribution in [0.1, 0.15) is 476 Å². The van der Waals surface area contributed by atoms with Crippen LogP contribution in [-0.2, 0) is 32.7 Å². The molecule has 0 aromatic heterocycles. The van der Waals surface area contributed by atoms with Crippen molar-refractivity contribution < 1.29 is 37.6 Å². The number of ether oxygens (including phenoxy) is 2. The number of hydrogen-bond donors (Lipinski definition) is 2. The van der Waals surface area contributed by atoms with Gasteiger partial charge in [-0.1, -0.05) is 443 Å². The third kappa shape index (κ3) is 81.3. The number of carbonyl (C=O) groups excluding carboxylic acids is 2. The largest absolute Gasteiger partial charge is 0.472 e. The summed E-state index contributed by atoms with van der Waals surface area (Å²) >= 11 is 0. The highest BCUT2D eigenvalue weighted by Gasteiger charge is 2.26. The molecular formula is C85H166NO8P. The second kappa shape index (κ2) is 81.5. The van der Waals surface area contributed by atoms with E-state index in [0.29, 0.717) is 6.42 Å². The van der Waals surface area contributed by atoms with Gasteiger partial charge in [0.05, 0.1) is 13.2 Å². The van der Waals surface area contributed by atoms with E-state index in [-0.39, 0.29) is 38.6 Å². The van der Waals surface area contributed by atoms with Gasteiger partial charge in [-0.15, -0.1) is 0 Å². The summed E-state index contributed by atoms with van der Waals surface area (Å²) in [6.45, 7) is 3.83. The Hall–Kier alpha value is -1.51. The maximum absolute atomic E-state index is 12.8. The van der Waals surface area contributed by atoms with Gasteiger partial charge in [-0.3, -0.25) is 18.6 Å². The molecule has 0 aliphatic rings. The molecule has 95 heavy (non-hydrogen) atoms. The first kappa shape index (κ1) is 93.5. The number of nitrogens with two attached hydrogens (primary N) is 1. The Balaban J connectivity index is 3.69. The lowest BCUT2D eigenvalue weighted by molar-refractivity contribution is -0.161. The van der Waals surface area contributed by atoms with E-state index in [4.69, 9.17) is 24.3 Å². The predicted molar refractivity (Wildman–Crippen MR) is 414 cm³/mol. The van der Waals surface area contributed by atoms with Crippen LogP contribution in [0.25, 0.3) is 0 Å². The van der Waals surface area contributed by atoms with Crippen LogP contribution in [0.15, 0.2) is 24.3 Å². The summed E-state index contributed by atoms with van der Waals surface area (Å²) in [5.41, 5.74) is 5.42. The molecule has 0 aromatic rings. The fraction of sp³-hybridized carbons (Fsp3) is 0.929. The van der Waals surface area contributed by atoms with Crippen molar-refractivity contribution in [2.75, 3.05) is 26.4 Å². The van der Waals surface area contributed by atoms with E-state index in [9.17, 15) is 19.0 Å². The zero-order valence-corrected chi connectivity index (χ0v) is 64.9.